The summed E-state index contributed by atoms with van der Waals surface area (Å²) >= 11 is 0. The number of fused-ring (bicyclic) bond motifs is 1. The molecular formula is C24H32N6. The Morgan fingerprint density at radius 2 is 1.90 bits per heavy atom. The normalized spacial score (nSPS) is 25.3. The van der Waals surface area contributed by atoms with Crippen LogP contribution >= 0.6 is 0 Å². The Balaban J connectivity index is 1.39. The first kappa shape index (κ1) is 19.5. The van der Waals surface area contributed by atoms with Gasteiger partial charge < -0.3 is 20.5 Å². The first-order chi connectivity index (χ1) is 14.6. The fraction of sp³-hybridized carbons (Fsp3) is 0.542. The Morgan fingerprint density at radius 1 is 1.13 bits per heavy atom. The molecule has 2 N–H and O–H groups in total. The van der Waals surface area contributed by atoms with Crippen molar-refractivity contribution in [3.8, 4) is 0 Å². The lowest BCUT2D eigenvalue weighted by Gasteiger charge is -2.34. The fourth-order valence-corrected chi connectivity index (χ4v) is 4.51. The van der Waals surface area contributed by atoms with Gasteiger partial charge in [-0.1, -0.05) is 6.92 Å². The van der Waals surface area contributed by atoms with Crippen LogP contribution in [0, 0.1) is 17.2 Å². The van der Waals surface area contributed by atoms with E-state index >= 15 is 0 Å². The van der Waals surface area contributed by atoms with Gasteiger partial charge in [0.1, 0.15) is 0 Å². The molecule has 0 spiro atoms. The first-order valence-corrected chi connectivity index (χ1v) is 11.3. The lowest BCUT2D eigenvalue weighted by molar-refractivity contribution is 0.261. The van der Waals surface area contributed by atoms with E-state index in [4.69, 9.17) is 15.4 Å². The minimum atomic E-state index is 0.385. The summed E-state index contributed by atoms with van der Waals surface area (Å²) in [6, 6.07) is 6.93. The second-order valence-electron chi connectivity index (χ2n) is 9.40. The largest absolute Gasteiger partial charge is 0.388 e. The van der Waals surface area contributed by atoms with Crippen molar-refractivity contribution in [1.29, 1.82) is 5.41 Å². The van der Waals surface area contributed by atoms with Crippen LogP contribution in [0.4, 0.5) is 5.69 Å². The number of piperazine rings is 1. The molecule has 2 aromatic rings. The monoisotopic (exact) mass is 404 g/mol. The molecule has 2 aliphatic carbocycles. The summed E-state index contributed by atoms with van der Waals surface area (Å²) in [4.78, 5) is 14.4. The summed E-state index contributed by atoms with van der Waals surface area (Å²) in [6.45, 7) is 6.56. The third kappa shape index (κ3) is 4.06. The fourth-order valence-electron chi connectivity index (χ4n) is 4.51. The van der Waals surface area contributed by atoms with Gasteiger partial charge in [-0.25, -0.2) is 4.98 Å². The zero-order valence-corrected chi connectivity index (χ0v) is 18.1. The molecule has 2 heterocycles. The second kappa shape index (κ2) is 7.99. The van der Waals surface area contributed by atoms with Crippen molar-refractivity contribution in [3.05, 3.63) is 36.3 Å². The molecule has 0 bridgehead atoms. The van der Waals surface area contributed by atoms with Crippen LogP contribution in [0.2, 0.25) is 0 Å². The molecule has 6 nitrogen and oxygen atoms in total. The standard InChI is InChI=1S/C24H32N6/c1-16-11-18(12-16)26-14-20(24(25)17-3-4-17)23-15-27-22-13-19(5-6-21(22)28-23)30-9-7-29(2)8-10-30/h5-6,13-18,25-26H,3-4,7-12H2,1-2H3/b20-14-,25-24?. The van der Waals surface area contributed by atoms with E-state index in [0.29, 0.717) is 17.7 Å². The minimum absolute atomic E-state index is 0.385. The van der Waals surface area contributed by atoms with Crippen LogP contribution in [-0.2, 0) is 0 Å². The van der Waals surface area contributed by atoms with E-state index in [-0.39, 0.29) is 0 Å². The summed E-state index contributed by atoms with van der Waals surface area (Å²) in [7, 11) is 2.18. The van der Waals surface area contributed by atoms with Gasteiger partial charge in [0.2, 0.25) is 0 Å². The number of hydrogen-bond donors (Lipinski definition) is 2. The molecule has 0 atom stereocenters. The Bertz CT molecular complexity index is 965. The molecule has 1 aromatic carbocycles. The molecule has 3 aliphatic rings. The van der Waals surface area contributed by atoms with Crippen LogP contribution in [0.25, 0.3) is 16.6 Å². The molecule has 6 heteroatoms. The summed E-state index contributed by atoms with van der Waals surface area (Å²) in [5.74, 6) is 1.19. The lowest BCUT2D eigenvalue weighted by atomic mass is 9.82. The van der Waals surface area contributed by atoms with Crippen LogP contribution < -0.4 is 10.2 Å². The highest BCUT2D eigenvalue weighted by Crippen LogP contribution is 2.35. The first-order valence-electron chi connectivity index (χ1n) is 11.3. The average molecular weight is 405 g/mol. The van der Waals surface area contributed by atoms with E-state index < -0.39 is 0 Å². The molecule has 5 rings (SSSR count). The number of anilines is 1. The number of benzene rings is 1. The average Bonchev–Trinajstić information content (AvgIpc) is 3.58. The van der Waals surface area contributed by atoms with Crippen LogP contribution in [0.15, 0.2) is 30.6 Å². The van der Waals surface area contributed by atoms with Gasteiger partial charge in [-0.2, -0.15) is 0 Å². The van der Waals surface area contributed by atoms with Gasteiger partial charge in [0.05, 0.1) is 22.9 Å². The number of hydrogen-bond acceptors (Lipinski definition) is 6. The molecule has 0 unspecified atom stereocenters. The van der Waals surface area contributed by atoms with Crippen LogP contribution in [-0.4, -0.2) is 59.8 Å². The van der Waals surface area contributed by atoms with E-state index in [9.17, 15) is 0 Å². The quantitative estimate of drug-likeness (QED) is 0.721. The third-order valence-electron chi connectivity index (χ3n) is 6.78. The molecule has 0 radical (unpaired) electrons. The zero-order chi connectivity index (χ0) is 20.7. The molecule has 3 fully saturated rings. The minimum Gasteiger partial charge on any atom is -0.388 e. The van der Waals surface area contributed by atoms with Gasteiger partial charge in [-0.15, -0.1) is 0 Å². The number of nitrogens with zero attached hydrogens (tertiary/aromatic N) is 4. The summed E-state index contributed by atoms with van der Waals surface area (Å²) in [5, 5.41) is 12.2. The van der Waals surface area contributed by atoms with Gasteiger partial charge in [0, 0.05) is 61.3 Å². The second-order valence-corrected chi connectivity index (χ2v) is 9.40. The molecule has 1 aromatic heterocycles. The molecule has 2 saturated carbocycles. The molecular weight excluding hydrogens is 372 g/mol. The van der Waals surface area contributed by atoms with Crippen molar-refractivity contribution in [2.75, 3.05) is 38.1 Å². The Morgan fingerprint density at radius 3 is 2.60 bits per heavy atom. The van der Waals surface area contributed by atoms with Gasteiger partial charge in [-0.05, 0) is 56.8 Å². The van der Waals surface area contributed by atoms with Crippen molar-refractivity contribution in [2.45, 2.75) is 38.6 Å². The topological polar surface area (TPSA) is 68.1 Å². The van der Waals surface area contributed by atoms with Crippen LogP contribution in [0.5, 0.6) is 0 Å². The van der Waals surface area contributed by atoms with Crippen molar-refractivity contribution < 1.29 is 0 Å². The zero-order valence-electron chi connectivity index (χ0n) is 18.1. The van der Waals surface area contributed by atoms with Crippen molar-refractivity contribution in [3.63, 3.8) is 0 Å². The highest BCUT2D eigenvalue weighted by Gasteiger charge is 2.30. The van der Waals surface area contributed by atoms with E-state index in [1.807, 2.05) is 12.4 Å². The number of aromatic nitrogens is 2. The van der Waals surface area contributed by atoms with Gasteiger partial charge in [0.15, 0.2) is 0 Å². The Kier molecular flexibility index (Phi) is 5.19. The summed E-state index contributed by atoms with van der Waals surface area (Å²) in [6.07, 6.45) is 8.53. The highest BCUT2D eigenvalue weighted by molar-refractivity contribution is 6.23. The predicted octanol–water partition coefficient (Wildman–Crippen LogP) is 3.54. The van der Waals surface area contributed by atoms with E-state index in [2.05, 4.69) is 47.3 Å². The molecule has 1 aliphatic heterocycles. The number of likely N-dealkylation sites (N-methyl/N-ethyl adjacent to an activating group) is 1. The number of nitrogens with one attached hydrogen (secondary N) is 2. The molecule has 1 saturated heterocycles. The van der Waals surface area contributed by atoms with E-state index in [0.717, 1.165) is 67.2 Å². The van der Waals surface area contributed by atoms with Gasteiger partial charge in [0.25, 0.3) is 0 Å². The smallest absolute Gasteiger partial charge is 0.0925 e. The molecule has 158 valence electrons. The van der Waals surface area contributed by atoms with E-state index in [1.165, 1.54) is 18.5 Å². The van der Waals surface area contributed by atoms with Gasteiger partial charge in [-0.3, -0.25) is 4.98 Å². The third-order valence-corrected chi connectivity index (χ3v) is 6.78. The maximum Gasteiger partial charge on any atom is 0.0925 e. The lowest BCUT2D eigenvalue weighted by Crippen LogP contribution is -2.44. The van der Waals surface area contributed by atoms with Crippen LogP contribution in [0.3, 0.4) is 0 Å². The van der Waals surface area contributed by atoms with Crippen molar-refractivity contribution >= 4 is 28.0 Å². The predicted molar refractivity (Wildman–Crippen MR) is 123 cm³/mol. The van der Waals surface area contributed by atoms with Crippen molar-refractivity contribution in [1.82, 2.24) is 20.2 Å². The molecule has 30 heavy (non-hydrogen) atoms. The SMILES string of the molecule is CC1CC(N/C=C(\C(=N)C2CC2)c2cnc3cc(N4CCN(C)CC4)ccc3n2)C1. The molecule has 0 amide bonds. The summed E-state index contributed by atoms with van der Waals surface area (Å²) in [5.41, 5.74) is 5.48. The van der Waals surface area contributed by atoms with Gasteiger partial charge >= 0.3 is 0 Å². The maximum atomic E-state index is 8.67. The van der Waals surface area contributed by atoms with Crippen molar-refractivity contribution in [2.24, 2.45) is 11.8 Å². The Labute approximate surface area is 178 Å². The number of allylic oxidation sites excluding steroid dienone is 1. The van der Waals surface area contributed by atoms with Crippen LogP contribution in [0.1, 0.15) is 38.3 Å². The highest BCUT2D eigenvalue weighted by atomic mass is 15.2. The maximum absolute atomic E-state index is 8.67. The number of rotatable bonds is 6. The summed E-state index contributed by atoms with van der Waals surface area (Å²) < 4.78 is 0. The van der Waals surface area contributed by atoms with E-state index in [1.54, 1.807) is 0 Å². The Hall–Kier alpha value is -2.47.